The Morgan fingerprint density at radius 1 is 0.946 bits per heavy atom. The largest absolute Gasteiger partial charge is 0.488 e. The molecule has 1 saturated heterocycles. The van der Waals surface area contributed by atoms with E-state index in [9.17, 15) is 4.39 Å². The Morgan fingerprint density at radius 2 is 1.70 bits per heavy atom. The van der Waals surface area contributed by atoms with Crippen molar-refractivity contribution in [3.63, 3.8) is 0 Å². The van der Waals surface area contributed by atoms with Crippen molar-refractivity contribution in [1.82, 2.24) is 15.0 Å². The van der Waals surface area contributed by atoms with Gasteiger partial charge in [-0.3, -0.25) is 0 Å². The molecule has 2 heterocycles. The number of aromatic nitrogens is 3. The van der Waals surface area contributed by atoms with E-state index in [0.717, 1.165) is 36.1 Å². The molecule has 0 atom stereocenters. The van der Waals surface area contributed by atoms with Crippen molar-refractivity contribution in [2.24, 2.45) is 5.10 Å². The highest BCUT2D eigenvalue weighted by atomic mass is 79.9. The minimum Gasteiger partial charge on any atom is -0.488 e. The Labute approximate surface area is 222 Å². The summed E-state index contributed by atoms with van der Waals surface area (Å²) in [7, 11) is 0. The molecule has 188 valence electrons. The fourth-order valence-electron chi connectivity index (χ4n) is 3.86. The van der Waals surface area contributed by atoms with Gasteiger partial charge in [0.1, 0.15) is 18.2 Å². The predicted molar refractivity (Wildman–Crippen MR) is 147 cm³/mol. The molecule has 4 aromatic rings. The van der Waals surface area contributed by atoms with Crippen molar-refractivity contribution in [2.75, 3.05) is 28.7 Å². The summed E-state index contributed by atoms with van der Waals surface area (Å²) in [5, 5.41) is 7.59. The molecular weight excluding hydrogens is 537 g/mol. The van der Waals surface area contributed by atoms with Crippen LogP contribution in [0.25, 0.3) is 0 Å². The van der Waals surface area contributed by atoms with E-state index in [4.69, 9.17) is 4.74 Å². The maximum Gasteiger partial charge on any atom is 0.250 e. The van der Waals surface area contributed by atoms with E-state index in [2.05, 4.69) is 51.6 Å². The Balaban J connectivity index is 1.34. The van der Waals surface area contributed by atoms with Crippen LogP contribution in [0.15, 0.2) is 82.4 Å². The highest BCUT2D eigenvalue weighted by molar-refractivity contribution is 9.10. The zero-order chi connectivity index (χ0) is 25.5. The summed E-state index contributed by atoms with van der Waals surface area (Å²) < 4.78 is 20.8. The topological polar surface area (TPSA) is 87.6 Å². The number of rotatable bonds is 9. The van der Waals surface area contributed by atoms with E-state index in [0.29, 0.717) is 34.7 Å². The first kappa shape index (κ1) is 24.6. The van der Waals surface area contributed by atoms with Gasteiger partial charge in [-0.05, 0) is 49.2 Å². The molecule has 1 fully saturated rings. The molecule has 1 aliphatic rings. The molecule has 3 aromatic carbocycles. The molecule has 5 rings (SSSR count). The lowest BCUT2D eigenvalue weighted by atomic mass is 10.2. The zero-order valence-corrected chi connectivity index (χ0v) is 21.5. The molecular formula is C27H25BrFN7O. The summed E-state index contributed by atoms with van der Waals surface area (Å²) in [5.74, 6) is 1.60. The lowest BCUT2D eigenvalue weighted by Crippen LogP contribution is -2.21. The van der Waals surface area contributed by atoms with Gasteiger partial charge in [-0.1, -0.05) is 52.3 Å². The second kappa shape index (κ2) is 11.8. The summed E-state index contributed by atoms with van der Waals surface area (Å²) in [6.45, 7) is 1.90. The monoisotopic (exact) mass is 561 g/mol. The van der Waals surface area contributed by atoms with Gasteiger partial charge in [0.15, 0.2) is 0 Å². The SMILES string of the molecule is Fc1ccccc1COc1ccc(Br)cc1/C=N/Nc1nc(Nc2ccccc2)nc(N2CCCC2)n1. The third kappa shape index (κ3) is 6.59. The van der Waals surface area contributed by atoms with Crippen LogP contribution in [0.1, 0.15) is 24.0 Å². The number of hydrogen-bond donors (Lipinski definition) is 2. The first-order valence-electron chi connectivity index (χ1n) is 11.9. The maximum absolute atomic E-state index is 14.0. The molecule has 0 spiro atoms. The predicted octanol–water partition coefficient (Wildman–Crippen LogP) is 6.14. The first-order valence-corrected chi connectivity index (χ1v) is 12.7. The van der Waals surface area contributed by atoms with Gasteiger partial charge in [-0.15, -0.1) is 0 Å². The van der Waals surface area contributed by atoms with Crippen LogP contribution in [-0.2, 0) is 6.61 Å². The van der Waals surface area contributed by atoms with Crippen molar-refractivity contribution in [3.8, 4) is 5.75 Å². The van der Waals surface area contributed by atoms with Gasteiger partial charge in [0, 0.05) is 34.4 Å². The highest BCUT2D eigenvalue weighted by Crippen LogP contribution is 2.24. The van der Waals surface area contributed by atoms with Gasteiger partial charge < -0.3 is 15.0 Å². The number of nitrogens with zero attached hydrogens (tertiary/aromatic N) is 5. The molecule has 0 unspecified atom stereocenters. The quantitative estimate of drug-likeness (QED) is 0.187. The smallest absolute Gasteiger partial charge is 0.250 e. The normalized spacial score (nSPS) is 13.2. The second-order valence-corrected chi connectivity index (χ2v) is 9.32. The van der Waals surface area contributed by atoms with Crippen LogP contribution in [0.4, 0.5) is 27.9 Å². The third-order valence-electron chi connectivity index (χ3n) is 5.72. The Kier molecular flexibility index (Phi) is 7.85. The molecule has 0 amide bonds. The van der Waals surface area contributed by atoms with E-state index in [1.54, 1.807) is 24.4 Å². The summed E-state index contributed by atoms with van der Waals surface area (Å²) in [6.07, 6.45) is 3.82. The number of ether oxygens (including phenoxy) is 1. The van der Waals surface area contributed by atoms with E-state index < -0.39 is 0 Å². The molecule has 0 radical (unpaired) electrons. The number of halogens is 2. The van der Waals surface area contributed by atoms with Gasteiger partial charge in [0.05, 0.1) is 6.21 Å². The van der Waals surface area contributed by atoms with Gasteiger partial charge >= 0.3 is 0 Å². The first-order chi connectivity index (χ1) is 18.1. The molecule has 0 saturated carbocycles. The minimum atomic E-state index is -0.306. The average Bonchev–Trinajstić information content (AvgIpc) is 3.45. The van der Waals surface area contributed by atoms with Crippen LogP contribution in [0, 0.1) is 5.82 Å². The zero-order valence-electron chi connectivity index (χ0n) is 19.9. The number of para-hydroxylation sites is 1. The lowest BCUT2D eigenvalue weighted by Gasteiger charge is -2.16. The van der Waals surface area contributed by atoms with Crippen LogP contribution < -0.4 is 20.4 Å². The van der Waals surface area contributed by atoms with Crippen LogP contribution >= 0.6 is 15.9 Å². The average molecular weight is 562 g/mol. The Bertz CT molecular complexity index is 1380. The molecule has 37 heavy (non-hydrogen) atoms. The number of hydrogen-bond acceptors (Lipinski definition) is 8. The molecule has 10 heteroatoms. The van der Waals surface area contributed by atoms with Crippen LogP contribution in [0.3, 0.4) is 0 Å². The Morgan fingerprint density at radius 3 is 2.51 bits per heavy atom. The van der Waals surface area contributed by atoms with Gasteiger partial charge in [-0.2, -0.15) is 20.1 Å². The molecule has 0 aliphatic carbocycles. The van der Waals surface area contributed by atoms with Gasteiger partial charge in [-0.25, -0.2) is 9.82 Å². The molecule has 1 aromatic heterocycles. The molecule has 2 N–H and O–H groups in total. The second-order valence-electron chi connectivity index (χ2n) is 8.40. The van der Waals surface area contributed by atoms with Crippen LogP contribution in [0.5, 0.6) is 5.75 Å². The van der Waals surface area contributed by atoms with Gasteiger partial charge in [0.2, 0.25) is 17.8 Å². The van der Waals surface area contributed by atoms with E-state index in [-0.39, 0.29) is 12.4 Å². The molecule has 0 bridgehead atoms. The summed E-state index contributed by atoms with van der Waals surface area (Å²) in [5.41, 5.74) is 4.98. The summed E-state index contributed by atoms with van der Waals surface area (Å²) in [4.78, 5) is 15.8. The van der Waals surface area contributed by atoms with Gasteiger partial charge in [0.25, 0.3) is 0 Å². The van der Waals surface area contributed by atoms with Crippen molar-refractivity contribution < 1.29 is 9.13 Å². The van der Waals surface area contributed by atoms with Crippen molar-refractivity contribution in [1.29, 1.82) is 0 Å². The standard InChI is InChI=1S/C27H25BrFN7O/c28-21-12-13-24(37-18-19-8-4-5-11-23(19)29)20(16-21)17-30-35-26-32-25(31-22-9-2-1-3-10-22)33-27(34-26)36-14-6-7-15-36/h1-5,8-13,16-17H,6-7,14-15,18H2,(H2,31,32,33,34,35)/b30-17+. The molecule has 8 nitrogen and oxygen atoms in total. The van der Waals surface area contributed by atoms with Crippen molar-refractivity contribution in [2.45, 2.75) is 19.4 Å². The molecule has 1 aliphatic heterocycles. The van der Waals surface area contributed by atoms with Crippen molar-refractivity contribution >= 4 is 45.7 Å². The van der Waals surface area contributed by atoms with E-state index in [1.807, 2.05) is 48.5 Å². The highest BCUT2D eigenvalue weighted by Gasteiger charge is 2.17. The van der Waals surface area contributed by atoms with Crippen LogP contribution in [-0.4, -0.2) is 34.3 Å². The Hall–Kier alpha value is -4.05. The van der Waals surface area contributed by atoms with E-state index >= 15 is 0 Å². The van der Waals surface area contributed by atoms with Crippen LogP contribution in [0.2, 0.25) is 0 Å². The fraction of sp³-hybridized carbons (Fsp3) is 0.185. The number of hydrazone groups is 1. The number of anilines is 4. The summed E-state index contributed by atoms with van der Waals surface area (Å²) in [6, 6.07) is 21.8. The van der Waals surface area contributed by atoms with Crippen molar-refractivity contribution in [3.05, 3.63) is 94.2 Å². The summed E-state index contributed by atoms with van der Waals surface area (Å²) >= 11 is 3.48. The van der Waals surface area contributed by atoms with E-state index in [1.165, 1.54) is 6.07 Å². The lowest BCUT2D eigenvalue weighted by molar-refractivity contribution is 0.299. The maximum atomic E-state index is 14.0. The fourth-order valence-corrected chi connectivity index (χ4v) is 4.24. The number of benzene rings is 3. The third-order valence-corrected chi connectivity index (χ3v) is 6.22. The minimum absolute atomic E-state index is 0.101. The number of nitrogens with one attached hydrogen (secondary N) is 2.